The molecule has 2 aromatic carbocycles. The number of ketones is 1. The highest BCUT2D eigenvalue weighted by molar-refractivity contribution is 5.94. The molecule has 0 radical (unpaired) electrons. The van der Waals surface area contributed by atoms with Crippen molar-refractivity contribution in [1.82, 2.24) is 5.32 Å². The Labute approximate surface area is 180 Å². The van der Waals surface area contributed by atoms with Crippen LogP contribution in [0.1, 0.15) is 36.1 Å². The molecule has 0 aromatic heterocycles. The number of fused-ring (bicyclic) bond motifs is 1. The highest BCUT2D eigenvalue weighted by Gasteiger charge is 2.50. The number of rotatable bonds is 5. The first-order valence-corrected chi connectivity index (χ1v) is 10.1. The van der Waals surface area contributed by atoms with Crippen LogP contribution < -0.4 is 10.1 Å². The van der Waals surface area contributed by atoms with Crippen LogP contribution in [0.3, 0.4) is 0 Å². The van der Waals surface area contributed by atoms with Gasteiger partial charge in [0.05, 0.1) is 6.61 Å². The fraction of sp³-hybridized carbons (Fsp3) is 0.391. The predicted octanol–water partition coefficient (Wildman–Crippen LogP) is 1.97. The molecule has 2 aromatic rings. The van der Waals surface area contributed by atoms with E-state index in [4.69, 9.17) is 18.9 Å². The van der Waals surface area contributed by atoms with Crippen LogP contribution in [-0.2, 0) is 19.0 Å². The van der Waals surface area contributed by atoms with Gasteiger partial charge in [-0.15, -0.1) is 0 Å². The number of aliphatic hydroxyl groups is 1. The van der Waals surface area contributed by atoms with Crippen molar-refractivity contribution in [3.8, 4) is 5.75 Å². The zero-order chi connectivity index (χ0) is 22.0. The lowest BCUT2D eigenvalue weighted by Crippen LogP contribution is -2.67. The molecule has 0 aliphatic carbocycles. The van der Waals surface area contributed by atoms with Crippen molar-refractivity contribution in [3.05, 3.63) is 65.7 Å². The number of amides is 1. The molecule has 164 valence electrons. The van der Waals surface area contributed by atoms with Gasteiger partial charge < -0.3 is 29.4 Å². The van der Waals surface area contributed by atoms with Crippen molar-refractivity contribution in [1.29, 1.82) is 0 Å². The molecule has 0 saturated carbocycles. The Morgan fingerprint density at radius 2 is 1.74 bits per heavy atom. The van der Waals surface area contributed by atoms with Gasteiger partial charge in [0.2, 0.25) is 12.2 Å². The third kappa shape index (κ3) is 4.77. The van der Waals surface area contributed by atoms with Crippen LogP contribution in [0.5, 0.6) is 5.75 Å². The molecule has 6 unspecified atom stereocenters. The minimum Gasteiger partial charge on any atom is -0.463 e. The number of ether oxygens (including phenoxy) is 4. The third-order valence-electron chi connectivity index (χ3n) is 5.32. The van der Waals surface area contributed by atoms with Gasteiger partial charge in [-0.2, -0.15) is 0 Å². The largest absolute Gasteiger partial charge is 0.463 e. The van der Waals surface area contributed by atoms with E-state index in [1.54, 1.807) is 24.3 Å². The van der Waals surface area contributed by atoms with E-state index in [1.165, 1.54) is 13.8 Å². The van der Waals surface area contributed by atoms with Gasteiger partial charge in [0.15, 0.2) is 12.1 Å². The van der Waals surface area contributed by atoms with E-state index >= 15 is 0 Å². The zero-order valence-corrected chi connectivity index (χ0v) is 17.3. The summed E-state index contributed by atoms with van der Waals surface area (Å²) in [7, 11) is 0. The molecule has 8 heteroatoms. The standard InChI is InChI=1S/C23H25NO7/c1-13(25)15-8-10-17(11-9-15)29-23-19(24-14(2)26)20(27)21-18(30-23)12-28-22(31-21)16-6-4-3-5-7-16/h3-11,18-23,27H,12H2,1-2H3,(H,24,26). The first-order valence-electron chi connectivity index (χ1n) is 10.1. The first kappa shape index (κ1) is 21.5. The summed E-state index contributed by atoms with van der Waals surface area (Å²) < 4.78 is 23.7. The van der Waals surface area contributed by atoms with Crippen LogP contribution in [0.4, 0.5) is 0 Å². The van der Waals surface area contributed by atoms with E-state index in [2.05, 4.69) is 5.32 Å². The summed E-state index contributed by atoms with van der Waals surface area (Å²) >= 11 is 0. The van der Waals surface area contributed by atoms with Gasteiger partial charge in [-0.1, -0.05) is 30.3 Å². The van der Waals surface area contributed by atoms with Gasteiger partial charge >= 0.3 is 0 Å². The zero-order valence-electron chi connectivity index (χ0n) is 17.3. The van der Waals surface area contributed by atoms with Gasteiger partial charge in [0.25, 0.3) is 0 Å². The van der Waals surface area contributed by atoms with Crippen molar-refractivity contribution in [2.75, 3.05) is 6.61 Å². The average Bonchev–Trinajstić information content (AvgIpc) is 2.77. The van der Waals surface area contributed by atoms with Gasteiger partial charge in [0, 0.05) is 18.1 Å². The Bertz CT molecular complexity index is 917. The number of carbonyl (C=O) groups excluding carboxylic acids is 2. The molecule has 2 saturated heterocycles. The summed E-state index contributed by atoms with van der Waals surface area (Å²) in [6.45, 7) is 3.03. The lowest BCUT2D eigenvalue weighted by atomic mass is 9.95. The monoisotopic (exact) mass is 427 g/mol. The lowest BCUT2D eigenvalue weighted by molar-refractivity contribution is -0.333. The van der Waals surface area contributed by atoms with Crippen LogP contribution >= 0.6 is 0 Å². The summed E-state index contributed by atoms with van der Waals surface area (Å²) in [5.74, 6) is 0.0495. The number of hydrogen-bond acceptors (Lipinski definition) is 7. The van der Waals surface area contributed by atoms with Crippen molar-refractivity contribution in [3.63, 3.8) is 0 Å². The molecule has 31 heavy (non-hydrogen) atoms. The number of benzene rings is 2. The normalized spacial score (nSPS) is 30.2. The van der Waals surface area contributed by atoms with E-state index in [0.29, 0.717) is 11.3 Å². The number of hydrogen-bond donors (Lipinski definition) is 2. The number of aliphatic hydroxyl groups excluding tert-OH is 1. The fourth-order valence-corrected chi connectivity index (χ4v) is 3.76. The molecule has 2 aliphatic heterocycles. The molecule has 1 amide bonds. The van der Waals surface area contributed by atoms with Gasteiger partial charge in [-0.3, -0.25) is 9.59 Å². The molecule has 2 heterocycles. The molecular weight excluding hydrogens is 402 g/mol. The second-order valence-corrected chi connectivity index (χ2v) is 7.63. The molecule has 2 N–H and O–H groups in total. The Morgan fingerprint density at radius 3 is 2.39 bits per heavy atom. The van der Waals surface area contributed by atoms with E-state index in [-0.39, 0.29) is 18.3 Å². The quantitative estimate of drug-likeness (QED) is 0.703. The molecule has 4 rings (SSSR count). The second kappa shape index (κ2) is 9.15. The molecule has 8 nitrogen and oxygen atoms in total. The van der Waals surface area contributed by atoms with Crippen LogP contribution in [0.25, 0.3) is 0 Å². The van der Waals surface area contributed by atoms with Crippen LogP contribution in [0, 0.1) is 0 Å². The Balaban J connectivity index is 1.52. The van der Waals surface area contributed by atoms with Crippen molar-refractivity contribution < 1.29 is 33.6 Å². The number of Topliss-reactive ketones (excluding diaryl/α,β-unsaturated/α-hetero) is 1. The highest BCUT2D eigenvalue weighted by atomic mass is 16.7. The van der Waals surface area contributed by atoms with Crippen molar-refractivity contribution >= 4 is 11.7 Å². The maximum atomic E-state index is 11.8. The number of nitrogens with one attached hydrogen (secondary N) is 1. The van der Waals surface area contributed by atoms with Crippen molar-refractivity contribution in [2.45, 2.75) is 50.8 Å². The minimum absolute atomic E-state index is 0.0562. The molecule has 2 fully saturated rings. The summed E-state index contributed by atoms with van der Waals surface area (Å²) in [5, 5.41) is 13.7. The van der Waals surface area contributed by atoms with E-state index < -0.39 is 36.9 Å². The first-order chi connectivity index (χ1) is 14.9. The summed E-state index contributed by atoms with van der Waals surface area (Å²) in [4.78, 5) is 23.3. The topological polar surface area (TPSA) is 103 Å². The molecule has 0 bridgehead atoms. The SMILES string of the molecule is CC(=O)NC1C(Oc2ccc(C(C)=O)cc2)OC2COC(c3ccccc3)OC2C1O. The Morgan fingerprint density at radius 1 is 1.03 bits per heavy atom. The summed E-state index contributed by atoms with van der Waals surface area (Å²) in [6, 6.07) is 15.1. The van der Waals surface area contributed by atoms with Gasteiger partial charge in [0.1, 0.15) is 30.1 Å². The maximum Gasteiger partial charge on any atom is 0.223 e. The van der Waals surface area contributed by atoms with Crippen LogP contribution in [0.2, 0.25) is 0 Å². The van der Waals surface area contributed by atoms with E-state index in [1.807, 2.05) is 30.3 Å². The van der Waals surface area contributed by atoms with Crippen molar-refractivity contribution in [2.24, 2.45) is 0 Å². The van der Waals surface area contributed by atoms with Gasteiger partial charge in [-0.25, -0.2) is 0 Å². The summed E-state index contributed by atoms with van der Waals surface area (Å²) in [6.07, 6.45) is -3.99. The Kier molecular flexibility index (Phi) is 6.33. The van der Waals surface area contributed by atoms with E-state index in [0.717, 1.165) is 5.56 Å². The van der Waals surface area contributed by atoms with Crippen LogP contribution in [-0.4, -0.2) is 54.0 Å². The summed E-state index contributed by atoms with van der Waals surface area (Å²) in [5.41, 5.74) is 1.38. The minimum atomic E-state index is -1.08. The lowest BCUT2D eigenvalue weighted by Gasteiger charge is -2.47. The number of carbonyl (C=O) groups is 2. The van der Waals surface area contributed by atoms with Crippen LogP contribution in [0.15, 0.2) is 54.6 Å². The average molecular weight is 427 g/mol. The molecule has 2 aliphatic rings. The maximum absolute atomic E-state index is 11.8. The molecular formula is C23H25NO7. The Hall–Kier alpha value is -2.78. The second-order valence-electron chi connectivity index (χ2n) is 7.63. The molecule has 0 spiro atoms. The molecule has 6 atom stereocenters. The predicted molar refractivity (Wildman–Crippen MR) is 109 cm³/mol. The van der Waals surface area contributed by atoms with Gasteiger partial charge in [-0.05, 0) is 31.2 Å². The third-order valence-corrected chi connectivity index (χ3v) is 5.32. The fourth-order valence-electron chi connectivity index (χ4n) is 3.76. The van der Waals surface area contributed by atoms with E-state index in [9.17, 15) is 14.7 Å². The smallest absolute Gasteiger partial charge is 0.223 e. The highest BCUT2D eigenvalue weighted by Crippen LogP contribution is 2.34.